The Kier molecular flexibility index (Phi) is 4.19. The predicted octanol–water partition coefficient (Wildman–Crippen LogP) is 3.42. The van der Waals surface area contributed by atoms with Gasteiger partial charge in [0, 0.05) is 11.2 Å². The normalized spacial score (nSPS) is 19.2. The number of aromatic nitrogens is 4. The van der Waals surface area contributed by atoms with Crippen LogP contribution in [-0.4, -0.2) is 32.1 Å². The zero-order valence-electron chi connectivity index (χ0n) is 13.2. The fraction of sp³-hybridized carbons (Fsp3) is 0.222. The molecule has 0 unspecified atom stereocenters. The summed E-state index contributed by atoms with van der Waals surface area (Å²) in [6.07, 6.45) is 7.90. The molecule has 1 saturated carbocycles. The SMILES string of the molecule is O=C(OC1CC(c2cccc(Cl)c2)C1)c1cncc(-n2ccnn2)c1. The first-order valence-corrected chi connectivity index (χ1v) is 8.35. The number of ether oxygens (including phenoxy) is 1. The molecular weight excluding hydrogens is 340 g/mol. The first kappa shape index (κ1) is 15.8. The standard InChI is InChI=1S/C18H15ClN4O2/c19-15-3-1-2-12(6-15)13-8-17(9-13)25-18(24)14-7-16(11-20-10-14)23-5-4-21-22-23/h1-7,10-11,13,17H,8-9H2. The third-order valence-electron chi connectivity index (χ3n) is 4.34. The highest BCUT2D eigenvalue weighted by Crippen LogP contribution is 2.39. The first-order valence-electron chi connectivity index (χ1n) is 7.97. The quantitative estimate of drug-likeness (QED) is 0.671. The van der Waals surface area contributed by atoms with Gasteiger partial charge in [0.15, 0.2) is 0 Å². The lowest BCUT2D eigenvalue weighted by atomic mass is 9.77. The summed E-state index contributed by atoms with van der Waals surface area (Å²) >= 11 is 6.02. The maximum Gasteiger partial charge on any atom is 0.340 e. The zero-order chi connectivity index (χ0) is 17.2. The summed E-state index contributed by atoms with van der Waals surface area (Å²) in [7, 11) is 0. The zero-order valence-corrected chi connectivity index (χ0v) is 14.0. The Hall–Kier alpha value is -2.73. The van der Waals surface area contributed by atoms with Crippen molar-refractivity contribution >= 4 is 17.6 Å². The lowest BCUT2D eigenvalue weighted by molar-refractivity contribution is 0.00205. The van der Waals surface area contributed by atoms with Crippen molar-refractivity contribution in [3.05, 3.63) is 71.3 Å². The summed E-state index contributed by atoms with van der Waals surface area (Å²) in [5.74, 6) is 0.0140. The second kappa shape index (κ2) is 6.64. The van der Waals surface area contributed by atoms with E-state index in [1.165, 1.54) is 11.8 Å². The molecule has 1 fully saturated rings. The minimum Gasteiger partial charge on any atom is -0.459 e. The van der Waals surface area contributed by atoms with Crippen molar-refractivity contribution < 1.29 is 9.53 Å². The number of carbonyl (C=O) groups excluding carboxylic acids is 1. The van der Waals surface area contributed by atoms with Crippen LogP contribution in [0.15, 0.2) is 55.1 Å². The van der Waals surface area contributed by atoms with Gasteiger partial charge in [-0.25, -0.2) is 9.48 Å². The van der Waals surface area contributed by atoms with Gasteiger partial charge < -0.3 is 4.74 Å². The van der Waals surface area contributed by atoms with Crippen LogP contribution in [0.2, 0.25) is 5.02 Å². The van der Waals surface area contributed by atoms with Gasteiger partial charge in [-0.1, -0.05) is 28.9 Å². The van der Waals surface area contributed by atoms with E-state index < -0.39 is 0 Å². The summed E-state index contributed by atoms with van der Waals surface area (Å²) in [6.45, 7) is 0. The molecule has 0 amide bonds. The Morgan fingerprint density at radius 2 is 2.12 bits per heavy atom. The molecule has 0 radical (unpaired) electrons. The maximum absolute atomic E-state index is 12.3. The molecular formula is C18H15ClN4O2. The highest BCUT2D eigenvalue weighted by molar-refractivity contribution is 6.30. The number of esters is 1. The number of rotatable bonds is 4. The highest BCUT2D eigenvalue weighted by Gasteiger charge is 2.33. The number of benzene rings is 1. The van der Waals surface area contributed by atoms with Gasteiger partial charge in [-0.15, -0.1) is 5.10 Å². The molecule has 6 nitrogen and oxygen atoms in total. The van der Waals surface area contributed by atoms with E-state index in [2.05, 4.69) is 21.4 Å². The average molecular weight is 355 g/mol. The van der Waals surface area contributed by atoms with Crippen molar-refractivity contribution in [1.29, 1.82) is 0 Å². The summed E-state index contributed by atoms with van der Waals surface area (Å²) in [5, 5.41) is 8.37. The number of hydrogen-bond acceptors (Lipinski definition) is 5. The molecule has 1 aromatic carbocycles. The number of hydrogen-bond donors (Lipinski definition) is 0. The average Bonchev–Trinajstić information content (AvgIpc) is 3.12. The third kappa shape index (κ3) is 3.39. The molecule has 0 saturated heterocycles. The smallest absolute Gasteiger partial charge is 0.340 e. The Morgan fingerprint density at radius 3 is 2.88 bits per heavy atom. The maximum atomic E-state index is 12.3. The molecule has 1 aliphatic carbocycles. The number of nitrogens with zero attached hydrogens (tertiary/aromatic N) is 4. The lowest BCUT2D eigenvalue weighted by Crippen LogP contribution is -2.32. The van der Waals surface area contributed by atoms with E-state index in [1.807, 2.05) is 18.2 Å². The van der Waals surface area contributed by atoms with Gasteiger partial charge in [0.2, 0.25) is 0 Å². The molecule has 0 spiro atoms. The second-order valence-corrected chi connectivity index (χ2v) is 6.47. The molecule has 2 aromatic heterocycles. The fourth-order valence-corrected chi connectivity index (χ4v) is 3.12. The predicted molar refractivity (Wildman–Crippen MR) is 91.8 cm³/mol. The van der Waals surface area contributed by atoms with Gasteiger partial charge in [0.1, 0.15) is 6.10 Å². The summed E-state index contributed by atoms with van der Waals surface area (Å²) < 4.78 is 7.11. The first-order chi connectivity index (χ1) is 12.2. The molecule has 25 heavy (non-hydrogen) atoms. The molecule has 1 aliphatic rings. The van der Waals surface area contributed by atoms with Crippen LogP contribution in [0, 0.1) is 0 Å². The van der Waals surface area contributed by atoms with Crippen molar-refractivity contribution in [3.63, 3.8) is 0 Å². The van der Waals surface area contributed by atoms with E-state index >= 15 is 0 Å². The van der Waals surface area contributed by atoms with E-state index in [0.717, 1.165) is 17.9 Å². The van der Waals surface area contributed by atoms with Gasteiger partial charge in [0.05, 0.1) is 29.8 Å². The van der Waals surface area contributed by atoms with E-state index in [-0.39, 0.29) is 12.1 Å². The van der Waals surface area contributed by atoms with Gasteiger partial charge in [-0.2, -0.15) is 0 Å². The Bertz CT molecular complexity index is 892. The topological polar surface area (TPSA) is 69.9 Å². The van der Waals surface area contributed by atoms with Crippen LogP contribution in [0.5, 0.6) is 0 Å². The van der Waals surface area contributed by atoms with Crippen LogP contribution in [0.1, 0.15) is 34.7 Å². The van der Waals surface area contributed by atoms with Crippen molar-refractivity contribution in [2.75, 3.05) is 0 Å². The minimum atomic E-state index is -0.371. The summed E-state index contributed by atoms with van der Waals surface area (Å²) in [4.78, 5) is 16.4. The van der Waals surface area contributed by atoms with E-state index in [4.69, 9.17) is 16.3 Å². The Labute approximate surface area is 149 Å². The highest BCUT2D eigenvalue weighted by atomic mass is 35.5. The van der Waals surface area contributed by atoms with Gasteiger partial charge in [-0.3, -0.25) is 4.98 Å². The fourth-order valence-electron chi connectivity index (χ4n) is 2.92. The molecule has 0 atom stereocenters. The molecule has 2 heterocycles. The van der Waals surface area contributed by atoms with Crippen molar-refractivity contribution in [3.8, 4) is 5.69 Å². The van der Waals surface area contributed by atoms with Gasteiger partial charge in [0.25, 0.3) is 0 Å². The molecule has 0 N–H and O–H groups in total. The largest absolute Gasteiger partial charge is 0.459 e. The molecule has 4 rings (SSSR count). The van der Waals surface area contributed by atoms with E-state index in [9.17, 15) is 4.79 Å². The van der Waals surface area contributed by atoms with Crippen LogP contribution in [-0.2, 0) is 4.74 Å². The number of halogens is 1. The van der Waals surface area contributed by atoms with Crippen LogP contribution >= 0.6 is 11.6 Å². The van der Waals surface area contributed by atoms with Crippen molar-refractivity contribution in [2.45, 2.75) is 24.9 Å². The van der Waals surface area contributed by atoms with Crippen LogP contribution in [0.4, 0.5) is 0 Å². The number of carbonyl (C=O) groups is 1. The molecule has 0 bridgehead atoms. The van der Waals surface area contributed by atoms with Crippen LogP contribution in [0.3, 0.4) is 0 Å². The van der Waals surface area contributed by atoms with Gasteiger partial charge >= 0.3 is 5.97 Å². The van der Waals surface area contributed by atoms with Gasteiger partial charge in [-0.05, 0) is 42.5 Å². The number of pyridine rings is 1. The summed E-state index contributed by atoms with van der Waals surface area (Å²) in [6, 6.07) is 9.52. The molecule has 7 heteroatoms. The molecule has 3 aromatic rings. The van der Waals surface area contributed by atoms with Crippen molar-refractivity contribution in [2.24, 2.45) is 0 Å². The molecule has 0 aliphatic heterocycles. The van der Waals surface area contributed by atoms with Crippen LogP contribution < -0.4 is 0 Å². The molecule has 126 valence electrons. The van der Waals surface area contributed by atoms with Crippen LogP contribution in [0.25, 0.3) is 5.69 Å². The lowest BCUT2D eigenvalue weighted by Gasteiger charge is -2.35. The monoisotopic (exact) mass is 354 g/mol. The van der Waals surface area contributed by atoms with E-state index in [1.54, 1.807) is 29.3 Å². The third-order valence-corrected chi connectivity index (χ3v) is 4.57. The Morgan fingerprint density at radius 1 is 1.24 bits per heavy atom. The second-order valence-electron chi connectivity index (χ2n) is 6.03. The minimum absolute atomic E-state index is 0.0773. The summed E-state index contributed by atoms with van der Waals surface area (Å²) in [5.41, 5.74) is 2.26. The van der Waals surface area contributed by atoms with E-state index in [0.29, 0.717) is 17.2 Å². The Balaban J connectivity index is 1.38. The van der Waals surface area contributed by atoms with Crippen molar-refractivity contribution in [1.82, 2.24) is 20.0 Å².